The number of carbonyl (C=O) groups excluding carboxylic acids is 1. The molecule has 4 N–H and O–H groups in total. The van der Waals surface area contributed by atoms with Gasteiger partial charge in [-0.1, -0.05) is 0 Å². The van der Waals surface area contributed by atoms with Crippen LogP contribution in [0, 0.1) is 5.92 Å². The zero-order valence-corrected chi connectivity index (χ0v) is 9.56. The summed E-state index contributed by atoms with van der Waals surface area (Å²) in [5.41, 5.74) is 5.21. The van der Waals surface area contributed by atoms with Crippen molar-refractivity contribution < 1.29 is 9.90 Å². The van der Waals surface area contributed by atoms with E-state index < -0.39 is 0 Å². The van der Waals surface area contributed by atoms with E-state index in [0.717, 1.165) is 25.9 Å². The Morgan fingerprint density at radius 1 is 1.38 bits per heavy atom. The summed E-state index contributed by atoms with van der Waals surface area (Å²) < 4.78 is 0. The van der Waals surface area contributed by atoms with Crippen LogP contribution in [-0.2, 0) is 0 Å². The van der Waals surface area contributed by atoms with Crippen molar-refractivity contribution in [3.05, 3.63) is 0 Å². The smallest absolute Gasteiger partial charge is 0.314 e. The number of urea groups is 1. The van der Waals surface area contributed by atoms with Crippen molar-refractivity contribution in [3.63, 3.8) is 0 Å². The van der Waals surface area contributed by atoms with E-state index in [1.54, 1.807) is 4.90 Å². The summed E-state index contributed by atoms with van der Waals surface area (Å²) in [5.74, 6) is 0.526. The third-order valence-corrected chi connectivity index (χ3v) is 3.59. The Bertz CT molecular complexity index is 248. The molecule has 0 aromatic heterocycles. The number of nitrogens with zero attached hydrogens (tertiary/aromatic N) is 1. The molecule has 0 radical (unpaired) electrons. The van der Waals surface area contributed by atoms with Crippen LogP contribution in [0.25, 0.3) is 0 Å². The number of likely N-dealkylation sites (tertiary alicyclic amines) is 1. The molecule has 1 aliphatic carbocycles. The minimum atomic E-state index is -0.323. The molecule has 2 rings (SSSR count). The number of carbonyl (C=O) groups is 1. The molecule has 0 aromatic rings. The number of primary amides is 1. The van der Waals surface area contributed by atoms with Gasteiger partial charge in [0.05, 0.1) is 6.10 Å². The van der Waals surface area contributed by atoms with Gasteiger partial charge in [-0.05, 0) is 31.6 Å². The van der Waals surface area contributed by atoms with Crippen molar-refractivity contribution in [1.82, 2.24) is 10.2 Å². The van der Waals surface area contributed by atoms with Gasteiger partial charge >= 0.3 is 6.03 Å². The van der Waals surface area contributed by atoms with Crippen molar-refractivity contribution in [2.24, 2.45) is 11.7 Å². The van der Waals surface area contributed by atoms with Gasteiger partial charge in [0.2, 0.25) is 0 Å². The first-order chi connectivity index (χ1) is 7.66. The number of aliphatic hydroxyl groups is 1. The minimum Gasteiger partial charge on any atom is -0.392 e. The van der Waals surface area contributed by atoms with Gasteiger partial charge in [0.25, 0.3) is 0 Å². The predicted molar refractivity (Wildman–Crippen MR) is 60.9 cm³/mol. The summed E-state index contributed by atoms with van der Waals surface area (Å²) in [6.07, 6.45) is 4.02. The van der Waals surface area contributed by atoms with E-state index in [1.165, 1.54) is 12.8 Å². The average Bonchev–Trinajstić information content (AvgIpc) is 3.10. The first-order valence-corrected chi connectivity index (χ1v) is 6.12. The minimum absolute atomic E-state index is 0.186. The molecule has 1 heterocycles. The highest BCUT2D eigenvalue weighted by Crippen LogP contribution is 2.32. The molecular weight excluding hydrogens is 206 g/mol. The van der Waals surface area contributed by atoms with Gasteiger partial charge in [-0.2, -0.15) is 0 Å². The molecule has 0 bridgehead atoms. The molecule has 0 aromatic carbocycles. The molecule has 1 saturated heterocycles. The molecule has 2 aliphatic rings. The normalized spacial score (nSPS) is 24.4. The molecule has 5 heteroatoms. The number of nitrogens with one attached hydrogen (secondary N) is 1. The van der Waals surface area contributed by atoms with Crippen molar-refractivity contribution in [1.29, 1.82) is 0 Å². The Morgan fingerprint density at radius 3 is 2.50 bits per heavy atom. The maximum absolute atomic E-state index is 10.9. The lowest BCUT2D eigenvalue weighted by Gasteiger charge is -2.31. The molecule has 5 nitrogen and oxygen atoms in total. The quantitative estimate of drug-likeness (QED) is 0.627. The van der Waals surface area contributed by atoms with Gasteiger partial charge in [-0.3, -0.25) is 0 Å². The van der Waals surface area contributed by atoms with Crippen LogP contribution < -0.4 is 11.1 Å². The summed E-state index contributed by atoms with van der Waals surface area (Å²) in [6, 6.07) is 0.0977. The molecule has 92 valence electrons. The standard InChI is InChI=1S/C11H21N3O2/c12-11(16)14-5-3-9(4-6-14)13-7-10(15)8-1-2-8/h8-10,13,15H,1-7H2,(H2,12,16). The summed E-state index contributed by atoms with van der Waals surface area (Å²) >= 11 is 0. The van der Waals surface area contributed by atoms with E-state index >= 15 is 0 Å². The fourth-order valence-electron chi connectivity index (χ4n) is 2.24. The lowest BCUT2D eigenvalue weighted by Crippen LogP contribution is -2.48. The van der Waals surface area contributed by atoms with E-state index in [2.05, 4.69) is 5.32 Å². The van der Waals surface area contributed by atoms with E-state index in [0.29, 0.717) is 18.5 Å². The topological polar surface area (TPSA) is 78.6 Å². The van der Waals surface area contributed by atoms with Gasteiger partial charge < -0.3 is 21.1 Å². The Kier molecular flexibility index (Phi) is 3.66. The van der Waals surface area contributed by atoms with Crippen LogP contribution in [0.2, 0.25) is 0 Å². The highest BCUT2D eigenvalue weighted by atomic mass is 16.3. The number of nitrogens with two attached hydrogens (primary N) is 1. The van der Waals surface area contributed by atoms with Gasteiger partial charge in [0.15, 0.2) is 0 Å². The van der Waals surface area contributed by atoms with Crippen molar-refractivity contribution in [3.8, 4) is 0 Å². The summed E-state index contributed by atoms with van der Waals surface area (Å²) in [5, 5.41) is 13.1. The molecule has 1 saturated carbocycles. The van der Waals surface area contributed by atoms with E-state index in [1.807, 2.05) is 0 Å². The van der Waals surface area contributed by atoms with Gasteiger partial charge in [-0.15, -0.1) is 0 Å². The van der Waals surface area contributed by atoms with Crippen LogP contribution >= 0.6 is 0 Å². The highest BCUT2D eigenvalue weighted by Gasteiger charge is 2.30. The third kappa shape index (κ3) is 3.09. The van der Waals surface area contributed by atoms with Crippen LogP contribution in [0.3, 0.4) is 0 Å². The number of amides is 2. The van der Waals surface area contributed by atoms with Crippen molar-refractivity contribution in [2.75, 3.05) is 19.6 Å². The molecule has 16 heavy (non-hydrogen) atoms. The number of rotatable bonds is 4. The molecular formula is C11H21N3O2. The Morgan fingerprint density at radius 2 is 2.00 bits per heavy atom. The molecule has 1 unspecified atom stereocenters. The van der Waals surface area contributed by atoms with E-state index in [4.69, 9.17) is 5.73 Å². The SMILES string of the molecule is NC(=O)N1CCC(NCC(O)C2CC2)CC1. The molecule has 2 fully saturated rings. The lowest BCUT2D eigenvalue weighted by molar-refractivity contribution is 0.135. The number of piperidine rings is 1. The summed E-state index contributed by atoms with van der Waals surface area (Å²) in [7, 11) is 0. The second-order valence-corrected chi connectivity index (χ2v) is 4.91. The van der Waals surface area contributed by atoms with Gasteiger partial charge in [0.1, 0.15) is 0 Å². The van der Waals surface area contributed by atoms with Crippen LogP contribution in [-0.4, -0.2) is 47.8 Å². The van der Waals surface area contributed by atoms with Gasteiger partial charge in [-0.25, -0.2) is 4.79 Å². The maximum atomic E-state index is 10.9. The molecule has 0 spiro atoms. The largest absolute Gasteiger partial charge is 0.392 e. The van der Waals surface area contributed by atoms with Crippen LogP contribution in [0.5, 0.6) is 0 Å². The number of hydrogen-bond acceptors (Lipinski definition) is 3. The molecule has 1 aliphatic heterocycles. The van der Waals surface area contributed by atoms with E-state index in [9.17, 15) is 9.90 Å². The van der Waals surface area contributed by atoms with Crippen LogP contribution in [0.1, 0.15) is 25.7 Å². The monoisotopic (exact) mass is 227 g/mol. The highest BCUT2D eigenvalue weighted by molar-refractivity contribution is 5.72. The zero-order chi connectivity index (χ0) is 11.5. The second kappa shape index (κ2) is 5.01. The van der Waals surface area contributed by atoms with Gasteiger partial charge in [0, 0.05) is 25.7 Å². The fraction of sp³-hybridized carbons (Fsp3) is 0.909. The zero-order valence-electron chi connectivity index (χ0n) is 9.56. The fourth-order valence-corrected chi connectivity index (χ4v) is 2.24. The summed E-state index contributed by atoms with van der Waals surface area (Å²) in [6.45, 7) is 2.14. The molecule has 2 amide bonds. The van der Waals surface area contributed by atoms with Crippen molar-refractivity contribution >= 4 is 6.03 Å². The second-order valence-electron chi connectivity index (χ2n) is 4.91. The maximum Gasteiger partial charge on any atom is 0.314 e. The van der Waals surface area contributed by atoms with E-state index in [-0.39, 0.29) is 12.1 Å². The lowest BCUT2D eigenvalue weighted by atomic mass is 10.0. The number of hydrogen-bond donors (Lipinski definition) is 3. The Labute approximate surface area is 96.0 Å². The van der Waals surface area contributed by atoms with Crippen LogP contribution in [0.15, 0.2) is 0 Å². The third-order valence-electron chi connectivity index (χ3n) is 3.59. The first kappa shape index (κ1) is 11.7. The predicted octanol–water partition coefficient (Wildman–Crippen LogP) is -0.110. The Balaban J connectivity index is 1.63. The average molecular weight is 227 g/mol. The Hall–Kier alpha value is -0.810. The summed E-state index contributed by atoms with van der Waals surface area (Å²) in [4.78, 5) is 12.6. The molecule has 1 atom stereocenters. The van der Waals surface area contributed by atoms with Crippen molar-refractivity contribution in [2.45, 2.75) is 37.8 Å². The van der Waals surface area contributed by atoms with Crippen LogP contribution in [0.4, 0.5) is 4.79 Å². The first-order valence-electron chi connectivity index (χ1n) is 6.12. The number of aliphatic hydroxyl groups excluding tert-OH is 1.